The van der Waals surface area contributed by atoms with Crippen LogP contribution in [0.4, 0.5) is 10.5 Å². The minimum Gasteiger partial charge on any atom is -0.460 e. The average molecular weight is 629 g/mol. The summed E-state index contributed by atoms with van der Waals surface area (Å²) in [4.78, 5) is 86.9. The number of nitrogens with one attached hydrogen (secondary N) is 4. The Morgan fingerprint density at radius 2 is 1.58 bits per heavy atom. The molecule has 1 aromatic rings. The number of nitrogens with two attached hydrogens (primary N) is 1. The summed E-state index contributed by atoms with van der Waals surface area (Å²) in [5.41, 5.74) is 5.69. The van der Waals surface area contributed by atoms with Gasteiger partial charge in [0, 0.05) is 37.3 Å². The van der Waals surface area contributed by atoms with Crippen molar-refractivity contribution in [2.24, 2.45) is 17.1 Å². The van der Waals surface area contributed by atoms with E-state index in [2.05, 4.69) is 21.3 Å². The third-order valence-electron chi connectivity index (χ3n) is 7.36. The van der Waals surface area contributed by atoms with Gasteiger partial charge in [-0.15, -0.1) is 0 Å². The van der Waals surface area contributed by atoms with Crippen LogP contribution in [0.1, 0.15) is 65.9 Å². The molecule has 0 saturated carbocycles. The van der Waals surface area contributed by atoms with Gasteiger partial charge in [0.2, 0.25) is 17.7 Å². The molecule has 0 saturated heterocycles. The fraction of sp³-hybridized carbons (Fsp3) is 0.516. The zero-order chi connectivity index (χ0) is 33.7. The SMILES string of the molecule is CCC(C)(C)C(=O)OCc1ccc(NC(=O)[C@H](CCCNC(N)=O)NC(=O)[C@@H](NC(=O)CCN2C(=O)C=CC2=O)C(C)C)cc1. The number of ether oxygens (including phenoxy) is 1. The van der Waals surface area contributed by atoms with Crippen LogP contribution in [-0.4, -0.2) is 71.6 Å². The molecule has 1 aliphatic heterocycles. The van der Waals surface area contributed by atoms with E-state index in [1.54, 1.807) is 38.1 Å². The maximum atomic E-state index is 13.3. The topological polar surface area (TPSA) is 206 Å². The predicted molar refractivity (Wildman–Crippen MR) is 165 cm³/mol. The summed E-state index contributed by atoms with van der Waals surface area (Å²) in [6.07, 6.45) is 3.13. The molecular weight excluding hydrogens is 584 g/mol. The van der Waals surface area contributed by atoms with Crippen molar-refractivity contribution >= 4 is 47.2 Å². The van der Waals surface area contributed by atoms with Crippen LogP contribution < -0.4 is 27.0 Å². The molecule has 1 heterocycles. The van der Waals surface area contributed by atoms with E-state index in [1.165, 1.54) is 0 Å². The average Bonchev–Trinajstić information content (AvgIpc) is 3.31. The van der Waals surface area contributed by atoms with Crippen molar-refractivity contribution in [3.8, 4) is 0 Å². The van der Waals surface area contributed by atoms with Crippen LogP contribution in [-0.2, 0) is 40.1 Å². The molecule has 7 amide bonds. The quantitative estimate of drug-likeness (QED) is 0.0968. The van der Waals surface area contributed by atoms with Crippen molar-refractivity contribution in [1.29, 1.82) is 0 Å². The van der Waals surface area contributed by atoms with Crippen molar-refractivity contribution in [2.75, 3.05) is 18.4 Å². The highest BCUT2D eigenvalue weighted by Crippen LogP contribution is 2.22. The molecule has 0 spiro atoms. The van der Waals surface area contributed by atoms with Crippen molar-refractivity contribution in [1.82, 2.24) is 20.9 Å². The fourth-order valence-corrected chi connectivity index (χ4v) is 4.10. The Kier molecular flexibility index (Phi) is 13.7. The van der Waals surface area contributed by atoms with Crippen LogP contribution in [0.25, 0.3) is 0 Å². The summed E-state index contributed by atoms with van der Waals surface area (Å²) in [5, 5.41) is 10.5. The number of primary amides is 1. The van der Waals surface area contributed by atoms with Crippen LogP contribution in [0.2, 0.25) is 0 Å². The Morgan fingerprint density at radius 3 is 2.13 bits per heavy atom. The van der Waals surface area contributed by atoms with Crippen LogP contribution in [0.15, 0.2) is 36.4 Å². The number of carbonyl (C=O) groups is 7. The number of anilines is 1. The third kappa shape index (κ3) is 11.7. The first-order valence-electron chi connectivity index (χ1n) is 14.9. The van der Waals surface area contributed by atoms with E-state index in [1.807, 2.05) is 20.8 Å². The number of urea groups is 1. The van der Waals surface area contributed by atoms with E-state index < -0.39 is 53.1 Å². The molecule has 45 heavy (non-hydrogen) atoms. The summed E-state index contributed by atoms with van der Waals surface area (Å²) in [6.45, 7) is 9.07. The van der Waals surface area contributed by atoms with Gasteiger partial charge >= 0.3 is 12.0 Å². The molecule has 0 aromatic heterocycles. The van der Waals surface area contributed by atoms with Crippen LogP contribution in [0.5, 0.6) is 0 Å². The zero-order valence-corrected chi connectivity index (χ0v) is 26.4. The molecule has 0 unspecified atom stereocenters. The summed E-state index contributed by atoms with van der Waals surface area (Å²) in [5.74, 6) is -3.39. The maximum Gasteiger partial charge on any atom is 0.312 e. The van der Waals surface area contributed by atoms with E-state index in [0.717, 1.165) is 22.6 Å². The number of hydrogen-bond acceptors (Lipinski definition) is 8. The molecule has 14 nitrogen and oxygen atoms in total. The highest BCUT2D eigenvalue weighted by molar-refractivity contribution is 6.13. The molecule has 246 valence electrons. The van der Waals surface area contributed by atoms with Gasteiger partial charge in [0.1, 0.15) is 18.7 Å². The molecule has 2 atom stereocenters. The molecule has 0 radical (unpaired) electrons. The Labute approximate surface area is 262 Å². The van der Waals surface area contributed by atoms with Gasteiger partial charge < -0.3 is 31.7 Å². The third-order valence-corrected chi connectivity index (χ3v) is 7.36. The molecule has 0 fully saturated rings. The van der Waals surface area contributed by atoms with Gasteiger partial charge in [0.05, 0.1) is 5.41 Å². The second kappa shape index (κ2) is 16.9. The number of nitrogens with zero attached hydrogens (tertiary/aromatic N) is 1. The monoisotopic (exact) mass is 628 g/mol. The van der Waals surface area contributed by atoms with Gasteiger partial charge in [-0.2, -0.15) is 0 Å². The van der Waals surface area contributed by atoms with Crippen molar-refractivity contribution in [2.45, 2.75) is 79.0 Å². The van der Waals surface area contributed by atoms with Gasteiger partial charge in [0.15, 0.2) is 0 Å². The molecule has 1 aliphatic rings. The van der Waals surface area contributed by atoms with Gasteiger partial charge in [-0.3, -0.25) is 33.7 Å². The minimum atomic E-state index is -1.03. The summed E-state index contributed by atoms with van der Waals surface area (Å²) >= 11 is 0. The van der Waals surface area contributed by atoms with Crippen LogP contribution in [0.3, 0.4) is 0 Å². The highest BCUT2D eigenvalue weighted by Gasteiger charge is 2.30. The van der Waals surface area contributed by atoms with Crippen LogP contribution >= 0.6 is 0 Å². The number of hydrogen-bond donors (Lipinski definition) is 5. The van der Waals surface area contributed by atoms with E-state index in [9.17, 15) is 33.6 Å². The Morgan fingerprint density at radius 1 is 0.956 bits per heavy atom. The number of benzene rings is 1. The first-order chi connectivity index (χ1) is 21.1. The Hall–Kier alpha value is -4.75. The number of rotatable bonds is 17. The summed E-state index contributed by atoms with van der Waals surface area (Å²) in [6, 6.07) is 3.92. The van der Waals surface area contributed by atoms with E-state index in [-0.39, 0.29) is 44.4 Å². The van der Waals surface area contributed by atoms with Crippen LogP contribution in [0, 0.1) is 11.3 Å². The lowest BCUT2D eigenvalue weighted by Crippen LogP contribution is -2.54. The highest BCUT2D eigenvalue weighted by atomic mass is 16.5. The van der Waals surface area contributed by atoms with Gasteiger partial charge in [-0.25, -0.2) is 4.79 Å². The first kappa shape index (κ1) is 36.4. The lowest BCUT2D eigenvalue weighted by Gasteiger charge is -2.25. The number of amides is 7. The molecule has 1 aromatic carbocycles. The zero-order valence-electron chi connectivity index (χ0n) is 26.4. The molecule has 14 heteroatoms. The van der Waals surface area contributed by atoms with Crippen molar-refractivity contribution < 1.29 is 38.3 Å². The molecule has 0 bridgehead atoms. The fourth-order valence-electron chi connectivity index (χ4n) is 4.10. The molecule has 6 N–H and O–H groups in total. The number of imide groups is 1. The number of carbonyl (C=O) groups excluding carboxylic acids is 7. The predicted octanol–water partition coefficient (Wildman–Crippen LogP) is 1.49. The van der Waals surface area contributed by atoms with E-state index in [4.69, 9.17) is 10.5 Å². The van der Waals surface area contributed by atoms with Gasteiger partial charge in [-0.1, -0.05) is 32.9 Å². The smallest absolute Gasteiger partial charge is 0.312 e. The molecular formula is C31H44N6O8. The molecule has 0 aliphatic carbocycles. The van der Waals surface area contributed by atoms with Crippen molar-refractivity contribution in [3.63, 3.8) is 0 Å². The van der Waals surface area contributed by atoms with E-state index >= 15 is 0 Å². The summed E-state index contributed by atoms with van der Waals surface area (Å²) in [7, 11) is 0. The lowest BCUT2D eigenvalue weighted by molar-refractivity contribution is -0.155. The lowest BCUT2D eigenvalue weighted by atomic mass is 9.91. The number of esters is 1. The Bertz CT molecular complexity index is 1270. The first-order valence-corrected chi connectivity index (χ1v) is 14.9. The second-order valence-electron chi connectivity index (χ2n) is 11.7. The standard InChI is InChI=1S/C31H44N6O8/c1-6-31(4,5)29(43)45-18-20-9-11-21(12-10-20)34-27(41)22(8-7-16-33-30(32)44)35-28(42)26(19(2)3)36-23(38)15-17-37-24(39)13-14-25(37)40/h9-14,19,22,26H,6-8,15-18H2,1-5H3,(H,34,41)(H,35,42)(H,36,38)(H3,32,33,44)/t22-,26-/m0/s1. The normalized spacial score (nSPS) is 14.1. The Balaban J connectivity index is 2.04. The van der Waals surface area contributed by atoms with Crippen molar-refractivity contribution in [3.05, 3.63) is 42.0 Å². The largest absolute Gasteiger partial charge is 0.460 e. The minimum absolute atomic E-state index is 0.0753. The van der Waals surface area contributed by atoms with Gasteiger partial charge in [0.25, 0.3) is 11.8 Å². The second-order valence-corrected chi connectivity index (χ2v) is 11.7. The maximum absolute atomic E-state index is 13.3. The summed E-state index contributed by atoms with van der Waals surface area (Å²) < 4.78 is 5.40. The molecule has 2 rings (SSSR count). The van der Waals surface area contributed by atoms with E-state index in [0.29, 0.717) is 18.5 Å². The van der Waals surface area contributed by atoms with Gasteiger partial charge in [-0.05, 0) is 56.7 Å².